The maximum absolute atomic E-state index is 12.0. The van der Waals surface area contributed by atoms with Gasteiger partial charge >= 0.3 is 5.97 Å². The largest absolute Gasteiger partial charge is 0.462 e. The summed E-state index contributed by atoms with van der Waals surface area (Å²) in [4.78, 5) is 12.0. The molecule has 0 bridgehead atoms. The van der Waals surface area contributed by atoms with E-state index >= 15 is 0 Å². The Labute approximate surface area is 149 Å². The third-order valence-corrected chi connectivity index (χ3v) is 5.19. The summed E-state index contributed by atoms with van der Waals surface area (Å²) < 4.78 is 6.83. The van der Waals surface area contributed by atoms with Gasteiger partial charge in [-0.25, -0.2) is 4.68 Å². The Bertz CT molecular complexity index is 716. The van der Waals surface area contributed by atoms with Crippen molar-refractivity contribution in [2.45, 2.75) is 43.4 Å². The molecule has 1 aromatic heterocycles. The average Bonchev–Trinajstić information content (AvgIpc) is 2.95. The zero-order valence-electron chi connectivity index (χ0n) is 13.2. The van der Waals surface area contributed by atoms with Gasteiger partial charge < -0.3 is 10.6 Å². The van der Waals surface area contributed by atoms with Crippen molar-refractivity contribution in [3.63, 3.8) is 0 Å². The first kappa shape index (κ1) is 17.1. The van der Waals surface area contributed by atoms with Crippen molar-refractivity contribution >= 4 is 29.3 Å². The standard InChI is InChI=1S/C16H19ClN4O2S/c17-13-9-5-4-8-12(13)15-19-20-16(21(15)18)24-10-14(22)23-11-6-2-1-3-7-11/h4-5,8-9,11H,1-3,6-7,10,18H2. The van der Waals surface area contributed by atoms with Gasteiger partial charge in [0, 0.05) is 5.56 Å². The number of benzene rings is 1. The van der Waals surface area contributed by atoms with Gasteiger partial charge in [-0.3, -0.25) is 4.79 Å². The predicted octanol–water partition coefficient (Wildman–Crippen LogP) is 3.28. The molecular formula is C16H19ClN4O2S. The lowest BCUT2D eigenvalue weighted by molar-refractivity contribution is -0.147. The van der Waals surface area contributed by atoms with Crippen LogP contribution in [0.15, 0.2) is 29.4 Å². The number of nitrogen functional groups attached to an aromatic ring is 1. The summed E-state index contributed by atoms with van der Waals surface area (Å²) in [6.45, 7) is 0. The summed E-state index contributed by atoms with van der Waals surface area (Å²) in [7, 11) is 0. The number of esters is 1. The Morgan fingerprint density at radius 3 is 2.79 bits per heavy atom. The van der Waals surface area contributed by atoms with Crippen LogP contribution in [0.5, 0.6) is 0 Å². The van der Waals surface area contributed by atoms with Crippen molar-refractivity contribution in [3.05, 3.63) is 29.3 Å². The smallest absolute Gasteiger partial charge is 0.316 e. The average molecular weight is 367 g/mol. The number of ether oxygens (including phenoxy) is 1. The van der Waals surface area contributed by atoms with Crippen LogP contribution in [0.1, 0.15) is 32.1 Å². The molecule has 0 saturated heterocycles. The number of rotatable bonds is 5. The predicted molar refractivity (Wildman–Crippen MR) is 94.3 cm³/mol. The molecular weight excluding hydrogens is 348 g/mol. The van der Waals surface area contributed by atoms with E-state index < -0.39 is 0 Å². The molecule has 1 aromatic carbocycles. The van der Waals surface area contributed by atoms with Crippen LogP contribution in [0.25, 0.3) is 11.4 Å². The monoisotopic (exact) mass is 366 g/mol. The minimum absolute atomic E-state index is 0.0567. The fourth-order valence-electron chi connectivity index (χ4n) is 2.73. The minimum Gasteiger partial charge on any atom is -0.462 e. The lowest BCUT2D eigenvalue weighted by atomic mass is 9.98. The molecule has 1 saturated carbocycles. The number of nitrogens with zero attached hydrogens (tertiary/aromatic N) is 3. The normalized spacial score (nSPS) is 15.4. The topological polar surface area (TPSA) is 83.0 Å². The van der Waals surface area contributed by atoms with Crippen LogP contribution >= 0.6 is 23.4 Å². The SMILES string of the molecule is Nn1c(SCC(=O)OC2CCCCC2)nnc1-c1ccccc1Cl. The summed E-state index contributed by atoms with van der Waals surface area (Å²) in [5, 5.41) is 9.10. The highest BCUT2D eigenvalue weighted by Crippen LogP contribution is 2.28. The molecule has 2 N–H and O–H groups in total. The van der Waals surface area contributed by atoms with E-state index in [4.69, 9.17) is 22.2 Å². The van der Waals surface area contributed by atoms with Gasteiger partial charge in [-0.2, -0.15) is 0 Å². The molecule has 6 nitrogen and oxygen atoms in total. The van der Waals surface area contributed by atoms with Crippen LogP contribution < -0.4 is 5.84 Å². The first-order chi connectivity index (χ1) is 11.6. The van der Waals surface area contributed by atoms with Crippen LogP contribution in [0.4, 0.5) is 0 Å². The van der Waals surface area contributed by atoms with E-state index in [0.29, 0.717) is 21.6 Å². The van der Waals surface area contributed by atoms with Gasteiger partial charge in [0.05, 0.1) is 10.8 Å². The van der Waals surface area contributed by atoms with Crippen LogP contribution in [0.2, 0.25) is 5.02 Å². The molecule has 0 spiro atoms. The second-order valence-electron chi connectivity index (χ2n) is 5.69. The van der Waals surface area contributed by atoms with E-state index in [0.717, 1.165) is 25.7 Å². The van der Waals surface area contributed by atoms with Crippen molar-refractivity contribution in [2.24, 2.45) is 0 Å². The van der Waals surface area contributed by atoms with E-state index in [1.165, 1.54) is 22.9 Å². The van der Waals surface area contributed by atoms with Crippen molar-refractivity contribution in [2.75, 3.05) is 11.6 Å². The molecule has 1 heterocycles. The molecule has 0 atom stereocenters. The van der Waals surface area contributed by atoms with Gasteiger partial charge in [-0.05, 0) is 37.8 Å². The highest BCUT2D eigenvalue weighted by Gasteiger charge is 2.19. The molecule has 1 fully saturated rings. The molecule has 0 unspecified atom stereocenters. The van der Waals surface area contributed by atoms with Crippen LogP contribution in [-0.4, -0.2) is 32.7 Å². The zero-order valence-corrected chi connectivity index (χ0v) is 14.7. The second-order valence-corrected chi connectivity index (χ2v) is 7.04. The molecule has 2 aromatic rings. The number of carbonyl (C=O) groups is 1. The first-order valence-electron chi connectivity index (χ1n) is 7.93. The van der Waals surface area contributed by atoms with Gasteiger partial charge in [-0.15, -0.1) is 10.2 Å². The molecule has 128 valence electrons. The molecule has 1 aliphatic carbocycles. The second kappa shape index (κ2) is 7.90. The summed E-state index contributed by atoms with van der Waals surface area (Å²) in [6, 6.07) is 7.27. The number of hydrogen-bond acceptors (Lipinski definition) is 6. The summed E-state index contributed by atoms with van der Waals surface area (Å²) in [6.07, 6.45) is 5.46. The van der Waals surface area contributed by atoms with Crippen LogP contribution in [-0.2, 0) is 9.53 Å². The summed E-state index contributed by atoms with van der Waals surface area (Å²) >= 11 is 7.37. The number of hydrogen-bond donors (Lipinski definition) is 1. The quantitative estimate of drug-likeness (QED) is 0.496. The van der Waals surface area contributed by atoms with Gasteiger partial charge in [0.25, 0.3) is 0 Å². The van der Waals surface area contributed by atoms with E-state index in [-0.39, 0.29) is 17.8 Å². The zero-order chi connectivity index (χ0) is 16.9. The number of halogens is 1. The number of nitrogens with two attached hydrogens (primary N) is 1. The van der Waals surface area contributed by atoms with E-state index in [1.807, 2.05) is 18.2 Å². The van der Waals surface area contributed by atoms with E-state index in [9.17, 15) is 4.79 Å². The third kappa shape index (κ3) is 4.02. The third-order valence-electron chi connectivity index (χ3n) is 3.95. The summed E-state index contributed by atoms with van der Waals surface area (Å²) in [5.41, 5.74) is 0.700. The van der Waals surface area contributed by atoms with Gasteiger partial charge in [0.15, 0.2) is 5.82 Å². The molecule has 0 aliphatic heterocycles. The van der Waals surface area contributed by atoms with Crippen molar-refractivity contribution in [1.82, 2.24) is 14.9 Å². The minimum atomic E-state index is -0.241. The summed E-state index contributed by atoms with van der Waals surface area (Å²) in [5.74, 6) is 6.42. The lowest BCUT2D eigenvalue weighted by Gasteiger charge is -2.21. The Balaban J connectivity index is 1.60. The van der Waals surface area contributed by atoms with Crippen LogP contribution in [0.3, 0.4) is 0 Å². The molecule has 3 rings (SSSR count). The number of aromatic nitrogens is 3. The van der Waals surface area contributed by atoms with Gasteiger partial charge in [-0.1, -0.05) is 41.9 Å². The number of carbonyl (C=O) groups excluding carboxylic acids is 1. The maximum atomic E-state index is 12.0. The Kier molecular flexibility index (Phi) is 5.63. The van der Waals surface area contributed by atoms with E-state index in [2.05, 4.69) is 10.2 Å². The lowest BCUT2D eigenvalue weighted by Crippen LogP contribution is -2.22. The molecule has 0 amide bonds. The number of thioether (sulfide) groups is 1. The highest BCUT2D eigenvalue weighted by atomic mass is 35.5. The fraction of sp³-hybridized carbons (Fsp3) is 0.438. The van der Waals surface area contributed by atoms with Crippen LogP contribution in [0, 0.1) is 0 Å². The Morgan fingerprint density at radius 2 is 2.04 bits per heavy atom. The molecule has 0 radical (unpaired) electrons. The highest BCUT2D eigenvalue weighted by molar-refractivity contribution is 7.99. The molecule has 24 heavy (non-hydrogen) atoms. The molecule has 1 aliphatic rings. The van der Waals surface area contributed by atoms with Gasteiger partial charge in [0.1, 0.15) is 6.10 Å². The van der Waals surface area contributed by atoms with E-state index in [1.54, 1.807) is 6.07 Å². The Morgan fingerprint density at radius 1 is 1.29 bits per heavy atom. The Hall–Kier alpha value is -1.73. The maximum Gasteiger partial charge on any atom is 0.316 e. The first-order valence-corrected chi connectivity index (χ1v) is 9.29. The fourth-order valence-corrected chi connectivity index (χ4v) is 3.59. The molecule has 8 heteroatoms. The van der Waals surface area contributed by atoms with Gasteiger partial charge in [0.2, 0.25) is 5.16 Å². The van der Waals surface area contributed by atoms with Crippen molar-refractivity contribution in [1.29, 1.82) is 0 Å². The van der Waals surface area contributed by atoms with Crippen molar-refractivity contribution < 1.29 is 9.53 Å². The van der Waals surface area contributed by atoms with Crippen molar-refractivity contribution in [3.8, 4) is 11.4 Å².